The van der Waals surface area contributed by atoms with E-state index in [4.69, 9.17) is 9.47 Å². The van der Waals surface area contributed by atoms with Gasteiger partial charge in [-0.15, -0.1) is 11.3 Å². The zero-order valence-electron chi connectivity index (χ0n) is 13.3. The second-order valence-electron chi connectivity index (χ2n) is 5.54. The van der Waals surface area contributed by atoms with E-state index in [2.05, 4.69) is 10.3 Å². The second-order valence-corrected chi connectivity index (χ2v) is 6.62. The fraction of sp³-hybridized carbons (Fsp3) is 0.412. The normalized spacial score (nSPS) is 14.3. The number of benzene rings is 1. The quantitative estimate of drug-likeness (QED) is 0.882. The number of amides is 1. The number of anilines is 1. The van der Waals surface area contributed by atoms with Gasteiger partial charge in [0.25, 0.3) is 5.91 Å². The summed E-state index contributed by atoms with van der Waals surface area (Å²) in [5, 5.41) is 3.53. The highest BCUT2D eigenvalue weighted by atomic mass is 32.1. The van der Waals surface area contributed by atoms with Crippen LogP contribution in [0.2, 0.25) is 0 Å². The number of thiazole rings is 1. The number of nitrogens with zero attached hydrogens (tertiary/aromatic N) is 1. The molecule has 0 bridgehead atoms. The topological polar surface area (TPSA) is 60.5 Å². The van der Waals surface area contributed by atoms with Gasteiger partial charge in [-0.2, -0.15) is 0 Å². The van der Waals surface area contributed by atoms with Crippen LogP contribution in [0, 0.1) is 0 Å². The van der Waals surface area contributed by atoms with Crippen LogP contribution in [-0.4, -0.2) is 24.1 Å². The lowest BCUT2D eigenvalue weighted by Gasteiger charge is -2.12. The van der Waals surface area contributed by atoms with E-state index < -0.39 is 6.10 Å². The summed E-state index contributed by atoms with van der Waals surface area (Å²) in [6, 6.07) is 7.62. The third-order valence-corrected chi connectivity index (χ3v) is 4.90. The number of hydrogen-bond donors (Lipinski definition) is 1. The highest BCUT2D eigenvalue weighted by Gasteiger charge is 2.20. The Kier molecular flexibility index (Phi) is 4.93. The number of ether oxygens (including phenoxy) is 2. The summed E-state index contributed by atoms with van der Waals surface area (Å²) in [6.07, 6.45) is 2.72. The molecule has 1 N–H and O–H groups in total. The third-order valence-electron chi connectivity index (χ3n) is 3.83. The molecule has 0 saturated heterocycles. The Hall–Kier alpha value is -1.92. The van der Waals surface area contributed by atoms with E-state index in [1.54, 1.807) is 25.4 Å². The lowest BCUT2D eigenvalue weighted by Crippen LogP contribution is -2.27. The predicted octanol–water partition coefficient (Wildman–Crippen LogP) is 3.18. The van der Waals surface area contributed by atoms with E-state index in [1.807, 2.05) is 24.3 Å². The Morgan fingerprint density at radius 3 is 3.09 bits per heavy atom. The Labute approximate surface area is 139 Å². The summed E-state index contributed by atoms with van der Waals surface area (Å²) in [6.45, 7) is 2.11. The van der Waals surface area contributed by atoms with Crippen LogP contribution in [0.25, 0.3) is 0 Å². The molecule has 0 radical (unpaired) electrons. The van der Waals surface area contributed by atoms with Gasteiger partial charge in [-0.1, -0.05) is 12.1 Å². The molecular weight excluding hydrogens is 312 g/mol. The Morgan fingerprint density at radius 1 is 1.43 bits per heavy atom. The number of aromatic nitrogens is 1. The molecule has 0 unspecified atom stereocenters. The summed E-state index contributed by atoms with van der Waals surface area (Å²) in [7, 11) is 1.63. The Balaban J connectivity index is 1.52. The van der Waals surface area contributed by atoms with Crippen molar-refractivity contribution < 1.29 is 14.3 Å². The number of fused-ring (bicyclic) bond motifs is 1. The van der Waals surface area contributed by atoms with Gasteiger partial charge in [0.15, 0.2) is 5.13 Å². The average Bonchev–Trinajstić information content (AvgIpc) is 3.14. The number of carbonyl (C=O) groups excluding carboxylic acids is 1. The first-order valence-corrected chi connectivity index (χ1v) is 8.51. The fourth-order valence-corrected chi connectivity index (χ4v) is 3.56. The monoisotopic (exact) mass is 332 g/mol. The molecule has 0 spiro atoms. The number of hydrogen-bond acceptors (Lipinski definition) is 5. The minimum atomic E-state index is -0.542. The van der Waals surface area contributed by atoms with Gasteiger partial charge >= 0.3 is 0 Å². The van der Waals surface area contributed by atoms with Crippen LogP contribution in [-0.2, 0) is 29.0 Å². The van der Waals surface area contributed by atoms with E-state index in [1.165, 1.54) is 11.3 Å². The molecule has 1 aromatic carbocycles. The van der Waals surface area contributed by atoms with Crippen LogP contribution in [0.5, 0.6) is 5.75 Å². The van der Waals surface area contributed by atoms with E-state index in [-0.39, 0.29) is 5.91 Å². The van der Waals surface area contributed by atoms with E-state index in [9.17, 15) is 4.79 Å². The number of rotatable bonds is 6. The summed E-state index contributed by atoms with van der Waals surface area (Å²) in [4.78, 5) is 18.0. The zero-order chi connectivity index (χ0) is 16.2. The molecule has 122 valence electrons. The van der Waals surface area contributed by atoms with Gasteiger partial charge < -0.3 is 9.47 Å². The first-order valence-electron chi connectivity index (χ1n) is 7.69. The molecule has 1 heterocycles. The first kappa shape index (κ1) is 16.0. The smallest absolute Gasteiger partial charge is 0.255 e. The Bertz CT molecular complexity index is 677. The van der Waals surface area contributed by atoms with Crippen LogP contribution >= 0.6 is 11.3 Å². The first-order chi connectivity index (χ1) is 11.2. The molecule has 23 heavy (non-hydrogen) atoms. The van der Waals surface area contributed by atoms with Gasteiger partial charge in [0.2, 0.25) is 0 Å². The van der Waals surface area contributed by atoms with Crippen LogP contribution < -0.4 is 10.1 Å². The third kappa shape index (κ3) is 3.89. The predicted molar refractivity (Wildman–Crippen MR) is 90.0 cm³/mol. The molecule has 5 nitrogen and oxygen atoms in total. The van der Waals surface area contributed by atoms with Crippen molar-refractivity contribution in [3.8, 4) is 5.75 Å². The maximum absolute atomic E-state index is 12.2. The van der Waals surface area contributed by atoms with Gasteiger partial charge in [0, 0.05) is 4.88 Å². The molecular formula is C17H20N2O3S. The van der Waals surface area contributed by atoms with Crippen molar-refractivity contribution in [2.24, 2.45) is 0 Å². The highest BCUT2D eigenvalue weighted by Crippen LogP contribution is 2.30. The van der Waals surface area contributed by atoms with Gasteiger partial charge in [-0.3, -0.25) is 10.1 Å². The molecule has 1 aliphatic rings. The maximum Gasteiger partial charge on any atom is 0.255 e. The molecule has 1 aliphatic carbocycles. The largest absolute Gasteiger partial charge is 0.497 e. The summed E-state index contributed by atoms with van der Waals surface area (Å²) in [5.74, 6) is 0.612. The zero-order valence-corrected chi connectivity index (χ0v) is 14.1. The van der Waals surface area contributed by atoms with Crippen LogP contribution in [0.4, 0.5) is 5.13 Å². The average molecular weight is 332 g/mol. The van der Waals surface area contributed by atoms with Crippen molar-refractivity contribution in [3.63, 3.8) is 0 Å². The molecule has 0 aliphatic heterocycles. The van der Waals surface area contributed by atoms with E-state index in [0.29, 0.717) is 11.7 Å². The number of nitrogens with one attached hydrogen (secondary N) is 1. The van der Waals surface area contributed by atoms with Gasteiger partial charge in [0.05, 0.1) is 19.4 Å². The summed E-state index contributed by atoms with van der Waals surface area (Å²) >= 11 is 1.57. The molecule has 2 aromatic rings. The molecule has 0 fully saturated rings. The van der Waals surface area contributed by atoms with E-state index in [0.717, 1.165) is 29.8 Å². The second kappa shape index (κ2) is 7.10. The standard InChI is InChI=1S/C17H20N2O3S/c1-11(22-10-12-5-3-6-13(9-12)21-2)16(20)19-17-18-14-7-4-8-15(14)23-17/h3,5-6,9,11H,4,7-8,10H2,1-2H3,(H,18,19,20)/t11-/m0/s1. The minimum absolute atomic E-state index is 0.166. The van der Waals surface area contributed by atoms with Crippen molar-refractivity contribution in [2.75, 3.05) is 12.4 Å². The lowest BCUT2D eigenvalue weighted by atomic mass is 10.2. The number of aryl methyl sites for hydroxylation is 2. The highest BCUT2D eigenvalue weighted by molar-refractivity contribution is 7.15. The van der Waals surface area contributed by atoms with Crippen molar-refractivity contribution in [1.82, 2.24) is 4.98 Å². The van der Waals surface area contributed by atoms with Crippen LogP contribution in [0.15, 0.2) is 24.3 Å². The van der Waals surface area contributed by atoms with Crippen LogP contribution in [0.1, 0.15) is 29.5 Å². The SMILES string of the molecule is COc1cccc(CO[C@@H](C)C(=O)Nc2nc3c(s2)CCC3)c1. The summed E-state index contributed by atoms with van der Waals surface area (Å²) in [5.41, 5.74) is 2.10. The lowest BCUT2D eigenvalue weighted by molar-refractivity contribution is -0.127. The van der Waals surface area contributed by atoms with Crippen molar-refractivity contribution in [1.29, 1.82) is 0 Å². The fourth-order valence-electron chi connectivity index (χ4n) is 2.51. The summed E-state index contributed by atoms with van der Waals surface area (Å²) < 4.78 is 10.8. The van der Waals surface area contributed by atoms with Gasteiger partial charge in [-0.25, -0.2) is 4.98 Å². The molecule has 3 rings (SSSR count). The molecule has 1 atom stereocenters. The van der Waals surface area contributed by atoms with Crippen molar-refractivity contribution >= 4 is 22.4 Å². The molecule has 1 amide bonds. The maximum atomic E-state index is 12.2. The minimum Gasteiger partial charge on any atom is -0.497 e. The van der Waals surface area contributed by atoms with Crippen LogP contribution in [0.3, 0.4) is 0 Å². The Morgan fingerprint density at radius 2 is 2.30 bits per heavy atom. The number of carbonyl (C=O) groups is 1. The molecule has 6 heteroatoms. The van der Waals surface area contributed by atoms with Crippen molar-refractivity contribution in [2.45, 2.75) is 38.9 Å². The molecule has 0 saturated carbocycles. The molecule has 1 aromatic heterocycles. The number of methoxy groups -OCH3 is 1. The van der Waals surface area contributed by atoms with Crippen molar-refractivity contribution in [3.05, 3.63) is 40.4 Å². The van der Waals surface area contributed by atoms with Gasteiger partial charge in [-0.05, 0) is 43.9 Å². The van der Waals surface area contributed by atoms with E-state index >= 15 is 0 Å². The van der Waals surface area contributed by atoms with Gasteiger partial charge in [0.1, 0.15) is 11.9 Å².